The largest absolute Gasteiger partial charge is 0.497 e. The van der Waals surface area contributed by atoms with Crippen molar-refractivity contribution in [3.63, 3.8) is 0 Å². The van der Waals surface area contributed by atoms with Crippen LogP contribution in [0.2, 0.25) is 5.02 Å². The number of aryl methyl sites for hydroxylation is 1. The molecule has 0 amide bonds. The number of methoxy groups -OCH3 is 1. The number of halogens is 1. The Morgan fingerprint density at radius 3 is 2.38 bits per heavy atom. The summed E-state index contributed by atoms with van der Waals surface area (Å²) in [6.45, 7) is 2.09. The fourth-order valence-corrected chi connectivity index (χ4v) is 3.26. The van der Waals surface area contributed by atoms with Gasteiger partial charge in [0.1, 0.15) is 5.75 Å². The maximum atomic E-state index is 6.05. The van der Waals surface area contributed by atoms with E-state index in [0.717, 1.165) is 44.1 Å². The van der Waals surface area contributed by atoms with Crippen molar-refractivity contribution in [2.45, 2.75) is 6.92 Å². The van der Waals surface area contributed by atoms with Crippen LogP contribution < -0.4 is 4.74 Å². The summed E-state index contributed by atoms with van der Waals surface area (Å²) in [5.41, 5.74) is 6.37. The van der Waals surface area contributed by atoms with E-state index in [1.54, 1.807) is 7.11 Å². The Hall–Kier alpha value is -2.84. The molecule has 3 aromatic carbocycles. The van der Waals surface area contributed by atoms with Crippen LogP contribution in [0.1, 0.15) is 5.56 Å². The number of aromatic nitrogens is 1. The molecular formula is C23H18ClNO. The highest BCUT2D eigenvalue weighted by Gasteiger charge is 2.11. The number of rotatable bonds is 3. The highest BCUT2D eigenvalue weighted by atomic mass is 35.5. The van der Waals surface area contributed by atoms with E-state index in [1.807, 2.05) is 36.4 Å². The third kappa shape index (κ3) is 3.16. The summed E-state index contributed by atoms with van der Waals surface area (Å²) in [6.07, 6.45) is 0. The molecule has 3 heteroatoms. The zero-order valence-electron chi connectivity index (χ0n) is 14.7. The zero-order valence-corrected chi connectivity index (χ0v) is 15.4. The van der Waals surface area contributed by atoms with E-state index in [0.29, 0.717) is 0 Å². The monoisotopic (exact) mass is 359 g/mol. The van der Waals surface area contributed by atoms with Gasteiger partial charge < -0.3 is 4.74 Å². The molecule has 0 radical (unpaired) electrons. The highest BCUT2D eigenvalue weighted by molar-refractivity contribution is 6.30. The Morgan fingerprint density at radius 1 is 0.808 bits per heavy atom. The van der Waals surface area contributed by atoms with Gasteiger partial charge in [0.15, 0.2) is 0 Å². The second-order valence-corrected chi connectivity index (χ2v) is 6.75. The summed E-state index contributed by atoms with van der Waals surface area (Å²) in [6, 6.07) is 24.4. The Bertz CT molecular complexity index is 1090. The summed E-state index contributed by atoms with van der Waals surface area (Å²) in [4.78, 5) is 4.88. The molecule has 0 aliphatic carbocycles. The topological polar surface area (TPSA) is 22.1 Å². The molecule has 2 nitrogen and oxygen atoms in total. The summed E-state index contributed by atoms with van der Waals surface area (Å²) in [5.74, 6) is 0.809. The van der Waals surface area contributed by atoms with Crippen LogP contribution in [0.25, 0.3) is 33.3 Å². The SMILES string of the molecule is COc1ccc(-c2ccc(Cl)cc2)c(-c2ccc3cc(C)ccc3n2)c1. The first-order chi connectivity index (χ1) is 12.6. The number of ether oxygens (including phenoxy) is 1. The number of hydrogen-bond donors (Lipinski definition) is 0. The number of benzene rings is 3. The lowest BCUT2D eigenvalue weighted by molar-refractivity contribution is 0.415. The summed E-state index contributed by atoms with van der Waals surface area (Å²) in [5, 5.41) is 1.87. The Morgan fingerprint density at radius 2 is 1.62 bits per heavy atom. The van der Waals surface area contributed by atoms with Gasteiger partial charge in [-0.2, -0.15) is 0 Å². The van der Waals surface area contributed by atoms with Crippen LogP contribution in [-0.4, -0.2) is 12.1 Å². The third-order valence-electron chi connectivity index (χ3n) is 4.50. The summed E-state index contributed by atoms with van der Waals surface area (Å²) in [7, 11) is 1.68. The number of pyridine rings is 1. The Labute approximate surface area is 158 Å². The van der Waals surface area contributed by atoms with Crippen molar-refractivity contribution >= 4 is 22.5 Å². The van der Waals surface area contributed by atoms with Crippen molar-refractivity contribution in [2.24, 2.45) is 0 Å². The minimum Gasteiger partial charge on any atom is -0.497 e. The molecule has 0 fully saturated rings. The van der Waals surface area contributed by atoms with Gasteiger partial charge in [-0.3, -0.25) is 0 Å². The van der Waals surface area contributed by atoms with Gasteiger partial charge in [0.25, 0.3) is 0 Å². The van der Waals surface area contributed by atoms with Gasteiger partial charge in [-0.05, 0) is 60.5 Å². The van der Waals surface area contributed by atoms with E-state index in [2.05, 4.69) is 43.3 Å². The lowest BCUT2D eigenvalue weighted by atomic mass is 9.96. The third-order valence-corrected chi connectivity index (χ3v) is 4.75. The first-order valence-electron chi connectivity index (χ1n) is 8.46. The first-order valence-corrected chi connectivity index (χ1v) is 8.83. The van der Waals surface area contributed by atoms with E-state index in [9.17, 15) is 0 Å². The molecule has 0 aliphatic rings. The second-order valence-electron chi connectivity index (χ2n) is 6.31. The molecule has 1 aromatic heterocycles. The molecule has 0 spiro atoms. The maximum absolute atomic E-state index is 6.05. The van der Waals surface area contributed by atoms with Crippen molar-refractivity contribution in [3.05, 3.63) is 83.4 Å². The van der Waals surface area contributed by atoms with E-state index in [1.165, 1.54) is 5.56 Å². The summed E-state index contributed by atoms with van der Waals surface area (Å²) < 4.78 is 5.44. The number of hydrogen-bond acceptors (Lipinski definition) is 2. The van der Waals surface area contributed by atoms with Gasteiger partial charge in [-0.15, -0.1) is 0 Å². The molecule has 128 valence electrons. The average Bonchev–Trinajstić information content (AvgIpc) is 2.68. The molecule has 0 aliphatic heterocycles. The summed E-state index contributed by atoms with van der Waals surface area (Å²) >= 11 is 6.05. The fourth-order valence-electron chi connectivity index (χ4n) is 3.14. The van der Waals surface area contributed by atoms with Crippen LogP contribution in [0.4, 0.5) is 0 Å². The molecule has 4 aromatic rings. The standard InChI is InChI=1S/C23H18ClNO/c1-15-3-11-22-17(13-15)6-12-23(25-22)21-14-19(26-2)9-10-20(21)16-4-7-18(24)8-5-16/h3-14H,1-2H3. The van der Waals surface area contributed by atoms with Crippen LogP contribution in [0, 0.1) is 6.92 Å². The molecular weight excluding hydrogens is 342 g/mol. The molecule has 1 heterocycles. The van der Waals surface area contributed by atoms with Gasteiger partial charge in [0, 0.05) is 16.0 Å². The predicted octanol–water partition coefficient (Wildman–Crippen LogP) is 6.54. The second kappa shape index (κ2) is 6.81. The van der Waals surface area contributed by atoms with Crippen LogP contribution >= 0.6 is 11.6 Å². The Kier molecular flexibility index (Phi) is 4.36. The van der Waals surface area contributed by atoms with Crippen LogP contribution in [0.15, 0.2) is 72.8 Å². The van der Waals surface area contributed by atoms with Crippen LogP contribution in [0.5, 0.6) is 5.75 Å². The van der Waals surface area contributed by atoms with E-state index in [4.69, 9.17) is 21.3 Å². The van der Waals surface area contributed by atoms with Crippen LogP contribution in [-0.2, 0) is 0 Å². The van der Waals surface area contributed by atoms with Gasteiger partial charge in [-0.1, -0.05) is 47.5 Å². The molecule has 4 rings (SSSR count). The molecule has 0 unspecified atom stereocenters. The minimum atomic E-state index is 0.725. The maximum Gasteiger partial charge on any atom is 0.119 e. The minimum absolute atomic E-state index is 0.725. The van der Waals surface area contributed by atoms with Gasteiger partial charge >= 0.3 is 0 Å². The van der Waals surface area contributed by atoms with Crippen molar-refractivity contribution in [1.29, 1.82) is 0 Å². The molecule has 0 saturated heterocycles. The smallest absolute Gasteiger partial charge is 0.119 e. The Balaban J connectivity index is 1.91. The quantitative estimate of drug-likeness (QED) is 0.414. The van der Waals surface area contributed by atoms with Gasteiger partial charge in [0.2, 0.25) is 0 Å². The van der Waals surface area contributed by atoms with E-state index in [-0.39, 0.29) is 0 Å². The lowest BCUT2D eigenvalue weighted by Gasteiger charge is -2.12. The zero-order chi connectivity index (χ0) is 18.1. The van der Waals surface area contributed by atoms with E-state index >= 15 is 0 Å². The molecule has 26 heavy (non-hydrogen) atoms. The fraction of sp³-hybridized carbons (Fsp3) is 0.0870. The average molecular weight is 360 g/mol. The van der Waals surface area contributed by atoms with Gasteiger partial charge in [-0.25, -0.2) is 4.98 Å². The van der Waals surface area contributed by atoms with Gasteiger partial charge in [0.05, 0.1) is 18.3 Å². The highest BCUT2D eigenvalue weighted by Crippen LogP contribution is 2.35. The predicted molar refractivity (Wildman–Crippen MR) is 109 cm³/mol. The number of fused-ring (bicyclic) bond motifs is 1. The van der Waals surface area contributed by atoms with Crippen LogP contribution in [0.3, 0.4) is 0 Å². The first kappa shape index (κ1) is 16.6. The van der Waals surface area contributed by atoms with Crippen molar-refractivity contribution in [2.75, 3.05) is 7.11 Å². The molecule has 0 bridgehead atoms. The van der Waals surface area contributed by atoms with Crippen molar-refractivity contribution < 1.29 is 4.74 Å². The molecule has 0 atom stereocenters. The van der Waals surface area contributed by atoms with Crippen molar-refractivity contribution in [1.82, 2.24) is 4.98 Å². The molecule has 0 saturated carbocycles. The lowest BCUT2D eigenvalue weighted by Crippen LogP contribution is -1.92. The van der Waals surface area contributed by atoms with Crippen molar-refractivity contribution in [3.8, 4) is 28.1 Å². The number of nitrogens with zero attached hydrogens (tertiary/aromatic N) is 1. The molecule has 0 N–H and O–H groups in total. The normalized spacial score (nSPS) is 10.9. The van der Waals surface area contributed by atoms with E-state index < -0.39 is 0 Å².